The van der Waals surface area contributed by atoms with Crippen LogP contribution >= 0.6 is 0 Å². The van der Waals surface area contributed by atoms with Crippen molar-refractivity contribution in [3.63, 3.8) is 0 Å². The van der Waals surface area contributed by atoms with Crippen molar-refractivity contribution in [3.8, 4) is 5.75 Å². The number of hydrogen-bond donors (Lipinski definition) is 2. The Morgan fingerprint density at radius 1 is 1.42 bits per heavy atom. The second kappa shape index (κ2) is 5.88. The lowest BCUT2D eigenvalue weighted by atomic mass is 10.1. The van der Waals surface area contributed by atoms with Gasteiger partial charge in [-0.15, -0.1) is 0 Å². The van der Waals surface area contributed by atoms with Gasteiger partial charge in [0, 0.05) is 6.04 Å². The van der Waals surface area contributed by atoms with E-state index in [0.717, 1.165) is 32.4 Å². The van der Waals surface area contributed by atoms with Crippen LogP contribution in [0.4, 0.5) is 11.4 Å². The summed E-state index contributed by atoms with van der Waals surface area (Å²) in [5.41, 5.74) is 0.412. The smallest absolute Gasteiger partial charge is 0.296 e. The molecular formula is C13H19N3O3. The molecule has 1 atom stereocenters. The van der Waals surface area contributed by atoms with Crippen molar-refractivity contribution >= 4 is 11.4 Å². The van der Waals surface area contributed by atoms with Crippen molar-refractivity contribution in [1.29, 1.82) is 0 Å². The summed E-state index contributed by atoms with van der Waals surface area (Å²) in [6.45, 7) is 2.05. The lowest BCUT2D eigenvalue weighted by molar-refractivity contribution is -0.384. The molecule has 19 heavy (non-hydrogen) atoms. The van der Waals surface area contributed by atoms with Crippen molar-refractivity contribution in [2.45, 2.75) is 25.3 Å². The predicted molar refractivity (Wildman–Crippen MR) is 73.5 cm³/mol. The van der Waals surface area contributed by atoms with Crippen LogP contribution in [0.25, 0.3) is 0 Å². The van der Waals surface area contributed by atoms with E-state index in [1.54, 1.807) is 6.07 Å². The molecule has 6 nitrogen and oxygen atoms in total. The van der Waals surface area contributed by atoms with Gasteiger partial charge in [-0.3, -0.25) is 10.1 Å². The van der Waals surface area contributed by atoms with Gasteiger partial charge >= 0.3 is 0 Å². The molecule has 1 fully saturated rings. The number of rotatable bonds is 3. The van der Waals surface area contributed by atoms with Gasteiger partial charge in [0.15, 0.2) is 0 Å². The first kappa shape index (κ1) is 13.6. The van der Waals surface area contributed by atoms with Crippen LogP contribution in [0.2, 0.25) is 0 Å². The Kier molecular flexibility index (Phi) is 4.21. The molecule has 1 aromatic carbocycles. The molecule has 104 valence electrons. The SMILES string of the molecule is CN1CCCC(Nc2ccc(O)cc2[N+](=O)[O-])CC1. The van der Waals surface area contributed by atoms with Crippen molar-refractivity contribution in [1.82, 2.24) is 4.90 Å². The van der Waals surface area contributed by atoms with Gasteiger partial charge in [-0.2, -0.15) is 0 Å². The summed E-state index contributed by atoms with van der Waals surface area (Å²) in [6, 6.07) is 4.47. The van der Waals surface area contributed by atoms with Crippen LogP contribution in [0.5, 0.6) is 5.75 Å². The molecule has 0 bridgehead atoms. The molecule has 1 aromatic rings. The van der Waals surface area contributed by atoms with E-state index in [2.05, 4.69) is 17.3 Å². The minimum Gasteiger partial charge on any atom is -0.508 e. The number of aromatic hydroxyl groups is 1. The molecule has 6 heteroatoms. The third-order valence-electron chi connectivity index (χ3n) is 3.49. The van der Waals surface area contributed by atoms with E-state index in [-0.39, 0.29) is 17.5 Å². The zero-order chi connectivity index (χ0) is 13.8. The van der Waals surface area contributed by atoms with Gasteiger partial charge in [0.2, 0.25) is 0 Å². The average Bonchev–Trinajstić information content (AvgIpc) is 2.56. The molecular weight excluding hydrogens is 246 g/mol. The normalized spacial score (nSPS) is 20.8. The van der Waals surface area contributed by atoms with Crippen LogP contribution in [-0.2, 0) is 0 Å². The highest BCUT2D eigenvalue weighted by Gasteiger charge is 2.20. The minimum absolute atomic E-state index is 0.0717. The Bertz CT molecular complexity index is 464. The Balaban J connectivity index is 2.12. The van der Waals surface area contributed by atoms with E-state index in [0.29, 0.717) is 5.69 Å². The Hall–Kier alpha value is -1.82. The van der Waals surface area contributed by atoms with Crippen molar-refractivity contribution in [2.24, 2.45) is 0 Å². The fourth-order valence-corrected chi connectivity index (χ4v) is 2.40. The van der Waals surface area contributed by atoms with Crippen LogP contribution < -0.4 is 5.32 Å². The van der Waals surface area contributed by atoms with Crippen LogP contribution in [0.15, 0.2) is 18.2 Å². The van der Waals surface area contributed by atoms with Gasteiger partial charge in [0.25, 0.3) is 5.69 Å². The summed E-state index contributed by atoms with van der Waals surface area (Å²) in [5.74, 6) is -0.0853. The molecule has 0 amide bonds. The molecule has 2 N–H and O–H groups in total. The first-order valence-electron chi connectivity index (χ1n) is 6.49. The van der Waals surface area contributed by atoms with Crippen LogP contribution in [0, 0.1) is 10.1 Å². The summed E-state index contributed by atoms with van der Waals surface area (Å²) in [4.78, 5) is 12.8. The van der Waals surface area contributed by atoms with E-state index < -0.39 is 4.92 Å². The number of phenolic OH excluding ortho intramolecular Hbond substituents is 1. The Morgan fingerprint density at radius 2 is 2.21 bits per heavy atom. The second-order valence-electron chi connectivity index (χ2n) is 5.03. The number of anilines is 1. The second-order valence-corrected chi connectivity index (χ2v) is 5.03. The van der Waals surface area contributed by atoms with Crippen molar-refractivity contribution in [2.75, 3.05) is 25.5 Å². The molecule has 0 spiro atoms. The minimum atomic E-state index is -0.467. The highest BCUT2D eigenvalue weighted by Crippen LogP contribution is 2.30. The molecule has 1 aliphatic heterocycles. The van der Waals surface area contributed by atoms with Crippen molar-refractivity contribution < 1.29 is 10.0 Å². The number of nitro benzene ring substituents is 1. The Morgan fingerprint density at radius 3 is 2.95 bits per heavy atom. The third kappa shape index (κ3) is 3.57. The summed E-state index contributed by atoms with van der Waals surface area (Å²) < 4.78 is 0. The molecule has 2 rings (SSSR count). The highest BCUT2D eigenvalue weighted by molar-refractivity contribution is 5.64. The average molecular weight is 265 g/mol. The molecule has 1 heterocycles. The van der Waals surface area contributed by atoms with Gasteiger partial charge in [0.05, 0.1) is 11.0 Å². The monoisotopic (exact) mass is 265 g/mol. The maximum atomic E-state index is 11.0. The molecule has 0 aliphatic carbocycles. The number of hydrogen-bond acceptors (Lipinski definition) is 5. The van der Waals surface area contributed by atoms with Crippen LogP contribution in [-0.4, -0.2) is 41.1 Å². The molecule has 0 aromatic heterocycles. The maximum Gasteiger partial charge on any atom is 0.296 e. The number of benzene rings is 1. The van der Waals surface area contributed by atoms with E-state index in [4.69, 9.17) is 0 Å². The summed E-state index contributed by atoms with van der Waals surface area (Å²) in [6.07, 6.45) is 3.05. The van der Waals surface area contributed by atoms with Gasteiger partial charge in [-0.25, -0.2) is 0 Å². The van der Waals surface area contributed by atoms with Crippen molar-refractivity contribution in [3.05, 3.63) is 28.3 Å². The lowest BCUT2D eigenvalue weighted by Gasteiger charge is -2.18. The van der Waals surface area contributed by atoms with E-state index >= 15 is 0 Å². The fourth-order valence-electron chi connectivity index (χ4n) is 2.40. The molecule has 0 radical (unpaired) electrons. The molecule has 0 saturated carbocycles. The standard InChI is InChI=1S/C13H19N3O3/c1-15-7-2-3-10(6-8-15)14-12-5-4-11(17)9-13(12)16(18)19/h4-5,9-10,14,17H,2-3,6-8H2,1H3. The maximum absolute atomic E-state index is 11.0. The van der Waals surface area contributed by atoms with E-state index in [1.807, 2.05) is 0 Å². The number of nitrogens with zero attached hydrogens (tertiary/aromatic N) is 2. The van der Waals surface area contributed by atoms with Gasteiger partial charge in [-0.1, -0.05) is 0 Å². The first-order chi connectivity index (χ1) is 9.06. The van der Waals surface area contributed by atoms with E-state index in [1.165, 1.54) is 12.1 Å². The zero-order valence-electron chi connectivity index (χ0n) is 11.0. The van der Waals surface area contributed by atoms with Gasteiger partial charge < -0.3 is 15.3 Å². The number of phenols is 1. The molecule has 1 saturated heterocycles. The predicted octanol–water partition coefficient (Wildman–Crippen LogP) is 2.20. The highest BCUT2D eigenvalue weighted by atomic mass is 16.6. The zero-order valence-corrected chi connectivity index (χ0v) is 11.0. The first-order valence-corrected chi connectivity index (χ1v) is 6.49. The quantitative estimate of drug-likeness (QED) is 0.497. The summed E-state index contributed by atoms with van der Waals surface area (Å²) in [7, 11) is 2.09. The summed E-state index contributed by atoms with van der Waals surface area (Å²) in [5, 5.41) is 23.6. The molecule has 1 unspecified atom stereocenters. The van der Waals surface area contributed by atoms with E-state index in [9.17, 15) is 15.2 Å². The van der Waals surface area contributed by atoms with Gasteiger partial charge in [0.1, 0.15) is 11.4 Å². The molecule has 1 aliphatic rings. The lowest BCUT2D eigenvalue weighted by Crippen LogP contribution is -2.23. The Labute approximate surface area is 112 Å². The van der Waals surface area contributed by atoms with Crippen LogP contribution in [0.3, 0.4) is 0 Å². The topological polar surface area (TPSA) is 78.6 Å². The summed E-state index contributed by atoms with van der Waals surface area (Å²) >= 11 is 0. The van der Waals surface area contributed by atoms with Gasteiger partial charge in [-0.05, 0) is 51.5 Å². The fraction of sp³-hybridized carbons (Fsp3) is 0.538. The number of nitro groups is 1. The number of nitrogens with one attached hydrogen (secondary N) is 1. The van der Waals surface area contributed by atoms with Crippen LogP contribution in [0.1, 0.15) is 19.3 Å². The third-order valence-corrected chi connectivity index (χ3v) is 3.49. The largest absolute Gasteiger partial charge is 0.508 e. The number of likely N-dealkylation sites (tertiary alicyclic amines) is 1.